The summed E-state index contributed by atoms with van der Waals surface area (Å²) in [5, 5.41) is 4.25. The van der Waals surface area contributed by atoms with Gasteiger partial charge in [-0.15, -0.1) is 0 Å². The van der Waals surface area contributed by atoms with Crippen LogP contribution in [-0.2, 0) is 0 Å². The van der Waals surface area contributed by atoms with E-state index < -0.39 is 0 Å². The maximum atomic E-state index is 6.63. The van der Waals surface area contributed by atoms with Gasteiger partial charge in [-0.2, -0.15) is 9.97 Å². The van der Waals surface area contributed by atoms with E-state index in [1.54, 1.807) is 0 Å². The van der Waals surface area contributed by atoms with E-state index in [-0.39, 0.29) is 0 Å². The van der Waals surface area contributed by atoms with Gasteiger partial charge in [-0.1, -0.05) is 152 Å². The van der Waals surface area contributed by atoms with Crippen LogP contribution in [0, 0.1) is 0 Å². The molecule has 0 radical (unpaired) electrons. The van der Waals surface area contributed by atoms with Gasteiger partial charge in [0.05, 0.1) is 16.9 Å². The molecule has 262 valence electrons. The molecule has 7 aromatic carbocycles. The number of hydrogen-bond acceptors (Lipinski definition) is 6. The zero-order chi connectivity index (χ0) is 37.0. The van der Waals surface area contributed by atoms with E-state index >= 15 is 0 Å². The summed E-state index contributed by atoms with van der Waals surface area (Å²) in [6.45, 7) is 0. The lowest BCUT2D eigenvalue weighted by Crippen LogP contribution is -2.06. The second-order valence-corrected chi connectivity index (χ2v) is 13.7. The summed E-state index contributed by atoms with van der Waals surface area (Å²) in [7, 11) is 0. The molecule has 0 amide bonds. The van der Waals surface area contributed by atoms with Crippen LogP contribution < -0.4 is 0 Å². The molecule has 0 aliphatic heterocycles. The fourth-order valence-corrected chi connectivity index (χ4v) is 7.63. The van der Waals surface area contributed by atoms with Crippen molar-refractivity contribution in [3.05, 3.63) is 182 Å². The number of hydrogen-bond donors (Lipinski definition) is 0. The van der Waals surface area contributed by atoms with Crippen molar-refractivity contribution in [1.29, 1.82) is 0 Å². The van der Waals surface area contributed by atoms with E-state index in [0.29, 0.717) is 23.4 Å². The summed E-state index contributed by atoms with van der Waals surface area (Å²) in [5.74, 6) is 2.26. The second-order valence-electron chi connectivity index (χ2n) is 13.7. The van der Waals surface area contributed by atoms with Crippen molar-refractivity contribution in [3.63, 3.8) is 0 Å². The normalized spacial score (nSPS) is 11.6. The minimum atomic E-state index is 0.498. The topological polar surface area (TPSA) is 82.5 Å². The maximum Gasteiger partial charge on any atom is 0.238 e. The van der Waals surface area contributed by atoms with Gasteiger partial charge in [-0.05, 0) is 30.3 Å². The SMILES string of the molecule is c1ccc(-c2cc(-c3cccc(-c4nc(-c5ccccc5)nc(-n5c6ccccc6c6ccc7c8ccccc8oc7c65)n4)c3)nc(-c3ccccc3)n2)cc1. The van der Waals surface area contributed by atoms with Gasteiger partial charge < -0.3 is 4.42 Å². The molecule has 0 fully saturated rings. The number of fused-ring (bicyclic) bond motifs is 7. The molecule has 7 nitrogen and oxygen atoms in total. The third-order valence-corrected chi connectivity index (χ3v) is 10.3. The number of benzene rings is 7. The van der Waals surface area contributed by atoms with Crippen molar-refractivity contribution in [3.8, 4) is 62.6 Å². The van der Waals surface area contributed by atoms with Crippen LogP contribution in [0.3, 0.4) is 0 Å². The summed E-state index contributed by atoms with van der Waals surface area (Å²) in [4.78, 5) is 25.7. The minimum absolute atomic E-state index is 0.498. The summed E-state index contributed by atoms with van der Waals surface area (Å²) >= 11 is 0. The van der Waals surface area contributed by atoms with Gasteiger partial charge >= 0.3 is 0 Å². The molecule has 0 aliphatic carbocycles. The summed E-state index contributed by atoms with van der Waals surface area (Å²) < 4.78 is 8.76. The molecule has 0 bridgehead atoms. The van der Waals surface area contributed by atoms with E-state index in [1.807, 2.05) is 121 Å². The molecule has 7 heteroatoms. The first kappa shape index (κ1) is 31.7. The van der Waals surface area contributed by atoms with E-state index in [2.05, 4.69) is 65.2 Å². The molecule has 4 aromatic heterocycles. The first-order chi connectivity index (χ1) is 27.7. The number of aromatic nitrogens is 6. The predicted molar refractivity (Wildman–Crippen MR) is 224 cm³/mol. The van der Waals surface area contributed by atoms with E-state index in [0.717, 1.165) is 82.9 Å². The van der Waals surface area contributed by atoms with E-state index in [9.17, 15) is 0 Å². The summed E-state index contributed by atoms with van der Waals surface area (Å²) in [5.41, 5.74) is 9.75. The fourth-order valence-electron chi connectivity index (χ4n) is 7.63. The van der Waals surface area contributed by atoms with Crippen LogP contribution >= 0.6 is 0 Å². The van der Waals surface area contributed by atoms with Crippen molar-refractivity contribution in [1.82, 2.24) is 29.5 Å². The average molecular weight is 719 g/mol. The molecule has 11 aromatic rings. The van der Waals surface area contributed by atoms with Gasteiger partial charge in [0, 0.05) is 49.4 Å². The summed E-state index contributed by atoms with van der Waals surface area (Å²) in [6, 6.07) is 61.5. The van der Waals surface area contributed by atoms with Crippen LogP contribution in [-0.4, -0.2) is 29.5 Å². The Balaban J connectivity index is 1.14. The Bertz CT molecular complexity index is 3190. The Morgan fingerprint density at radius 1 is 0.357 bits per heavy atom. The number of furan rings is 1. The monoisotopic (exact) mass is 718 g/mol. The highest BCUT2D eigenvalue weighted by molar-refractivity contribution is 6.21. The van der Waals surface area contributed by atoms with Crippen molar-refractivity contribution < 1.29 is 4.42 Å². The van der Waals surface area contributed by atoms with Crippen LogP contribution in [0.2, 0.25) is 0 Å². The molecular formula is C49H30N6O. The molecule has 0 saturated carbocycles. The molecule has 0 aliphatic rings. The Morgan fingerprint density at radius 3 is 1.62 bits per heavy atom. The van der Waals surface area contributed by atoms with Crippen LogP contribution in [0.25, 0.3) is 106 Å². The van der Waals surface area contributed by atoms with Crippen LogP contribution in [0.5, 0.6) is 0 Å². The third kappa shape index (κ3) is 5.33. The first-order valence-corrected chi connectivity index (χ1v) is 18.5. The number of rotatable bonds is 6. The molecule has 56 heavy (non-hydrogen) atoms. The molecular weight excluding hydrogens is 689 g/mol. The number of para-hydroxylation sites is 2. The molecule has 11 rings (SSSR count). The van der Waals surface area contributed by atoms with Gasteiger partial charge in [0.25, 0.3) is 0 Å². The summed E-state index contributed by atoms with van der Waals surface area (Å²) in [6.07, 6.45) is 0. The third-order valence-electron chi connectivity index (χ3n) is 10.3. The lowest BCUT2D eigenvalue weighted by atomic mass is 10.0. The van der Waals surface area contributed by atoms with E-state index in [4.69, 9.17) is 29.3 Å². The predicted octanol–water partition coefficient (Wildman–Crippen LogP) is 12.0. The average Bonchev–Trinajstić information content (AvgIpc) is 3.83. The molecule has 0 saturated heterocycles. The Hall–Kier alpha value is -7.77. The largest absolute Gasteiger partial charge is 0.454 e. The highest BCUT2D eigenvalue weighted by atomic mass is 16.3. The first-order valence-electron chi connectivity index (χ1n) is 18.5. The quantitative estimate of drug-likeness (QED) is 0.170. The molecule has 0 unspecified atom stereocenters. The lowest BCUT2D eigenvalue weighted by molar-refractivity contribution is 0.670. The number of nitrogens with zero attached hydrogens (tertiary/aromatic N) is 6. The highest BCUT2D eigenvalue weighted by Gasteiger charge is 2.22. The van der Waals surface area contributed by atoms with Gasteiger partial charge in [0.2, 0.25) is 5.95 Å². The zero-order valence-electron chi connectivity index (χ0n) is 29.9. The molecule has 0 spiro atoms. The highest BCUT2D eigenvalue weighted by Crippen LogP contribution is 2.40. The van der Waals surface area contributed by atoms with Crippen LogP contribution in [0.1, 0.15) is 0 Å². The van der Waals surface area contributed by atoms with Crippen molar-refractivity contribution in [2.75, 3.05) is 0 Å². The van der Waals surface area contributed by atoms with Gasteiger partial charge in [0.1, 0.15) is 11.1 Å². The second kappa shape index (κ2) is 13.0. The molecule has 4 heterocycles. The minimum Gasteiger partial charge on any atom is -0.454 e. The van der Waals surface area contributed by atoms with Crippen LogP contribution in [0.15, 0.2) is 186 Å². The Kier molecular flexibility index (Phi) is 7.35. The van der Waals surface area contributed by atoms with Crippen molar-refractivity contribution in [2.45, 2.75) is 0 Å². The van der Waals surface area contributed by atoms with Gasteiger partial charge in [0.15, 0.2) is 23.1 Å². The van der Waals surface area contributed by atoms with Crippen molar-refractivity contribution in [2.24, 2.45) is 0 Å². The molecule has 0 N–H and O–H groups in total. The molecule has 0 atom stereocenters. The smallest absolute Gasteiger partial charge is 0.238 e. The van der Waals surface area contributed by atoms with Gasteiger partial charge in [-0.3, -0.25) is 4.57 Å². The van der Waals surface area contributed by atoms with Crippen LogP contribution in [0.4, 0.5) is 0 Å². The maximum absolute atomic E-state index is 6.63. The lowest BCUT2D eigenvalue weighted by Gasteiger charge is -2.12. The van der Waals surface area contributed by atoms with Gasteiger partial charge in [-0.25, -0.2) is 15.0 Å². The van der Waals surface area contributed by atoms with E-state index in [1.165, 1.54) is 0 Å². The standard InChI is InChI=1S/C49H30N6O/c1-4-15-31(16-5-1)40-30-41(51-46(50-40)32-17-6-2-7-18-32)34-21-14-22-35(29-34)48-52-47(33-19-8-3-9-20-33)53-49(54-48)55-42-25-12-10-23-36(42)38-27-28-39-37-24-11-13-26-43(37)56-45(39)44(38)55/h1-30H. The fraction of sp³-hybridized carbons (Fsp3) is 0. The Morgan fingerprint density at radius 2 is 0.893 bits per heavy atom. The Labute approximate surface area is 321 Å². The zero-order valence-corrected chi connectivity index (χ0v) is 29.9. The van der Waals surface area contributed by atoms with Crippen molar-refractivity contribution >= 4 is 43.7 Å².